The molecule has 0 fully saturated rings. The maximum atomic E-state index is 12.2. The molecule has 0 unspecified atom stereocenters. The first-order valence-electron chi connectivity index (χ1n) is 7.31. The van der Waals surface area contributed by atoms with E-state index in [-0.39, 0.29) is 5.91 Å². The third-order valence-electron chi connectivity index (χ3n) is 3.72. The van der Waals surface area contributed by atoms with Crippen LogP contribution < -0.4 is 10.1 Å². The first kappa shape index (κ1) is 14.6. The van der Waals surface area contributed by atoms with Crippen LogP contribution in [-0.2, 0) is 0 Å². The van der Waals surface area contributed by atoms with Crippen molar-refractivity contribution in [1.29, 1.82) is 0 Å². The van der Waals surface area contributed by atoms with Crippen LogP contribution in [0, 0.1) is 6.92 Å². The minimum atomic E-state index is -0.0537. The summed E-state index contributed by atoms with van der Waals surface area (Å²) in [5, 5.41) is 2.99. The van der Waals surface area contributed by atoms with Gasteiger partial charge in [0.05, 0.1) is 12.7 Å². The van der Waals surface area contributed by atoms with Gasteiger partial charge in [-0.1, -0.05) is 23.3 Å². The Morgan fingerprint density at radius 3 is 2.90 bits per heavy atom. The molecule has 20 heavy (non-hydrogen) atoms. The summed E-state index contributed by atoms with van der Waals surface area (Å²) in [4.78, 5) is 12.2. The number of nitrogens with one attached hydrogen (secondary N) is 1. The molecule has 2 rings (SSSR count). The number of allylic oxidation sites excluding steroid dienone is 1. The highest BCUT2D eigenvalue weighted by Crippen LogP contribution is 2.21. The van der Waals surface area contributed by atoms with Crippen molar-refractivity contribution in [2.75, 3.05) is 13.7 Å². The van der Waals surface area contributed by atoms with E-state index in [0.29, 0.717) is 17.9 Å². The summed E-state index contributed by atoms with van der Waals surface area (Å²) >= 11 is 0. The zero-order valence-electron chi connectivity index (χ0n) is 12.4. The predicted molar refractivity (Wildman–Crippen MR) is 81.2 cm³/mol. The van der Waals surface area contributed by atoms with E-state index in [9.17, 15) is 4.79 Å². The molecule has 0 aliphatic heterocycles. The Bertz CT molecular complexity index is 506. The Morgan fingerprint density at radius 2 is 2.20 bits per heavy atom. The van der Waals surface area contributed by atoms with Crippen LogP contribution in [0.15, 0.2) is 29.8 Å². The van der Waals surface area contributed by atoms with Crippen molar-refractivity contribution in [3.63, 3.8) is 0 Å². The zero-order chi connectivity index (χ0) is 14.4. The maximum Gasteiger partial charge on any atom is 0.255 e. The second-order valence-corrected chi connectivity index (χ2v) is 5.32. The van der Waals surface area contributed by atoms with Crippen molar-refractivity contribution in [2.24, 2.45) is 0 Å². The number of hydrogen-bond donors (Lipinski definition) is 1. The second-order valence-electron chi connectivity index (χ2n) is 5.32. The third-order valence-corrected chi connectivity index (χ3v) is 3.72. The number of carbonyl (C=O) groups excluding carboxylic acids is 1. The van der Waals surface area contributed by atoms with Crippen LogP contribution in [0.5, 0.6) is 5.75 Å². The van der Waals surface area contributed by atoms with Gasteiger partial charge in [-0.15, -0.1) is 0 Å². The Hall–Kier alpha value is -1.77. The van der Waals surface area contributed by atoms with Crippen molar-refractivity contribution >= 4 is 5.91 Å². The summed E-state index contributed by atoms with van der Waals surface area (Å²) in [5.41, 5.74) is 3.16. The Labute approximate surface area is 121 Å². The average molecular weight is 273 g/mol. The first-order valence-corrected chi connectivity index (χ1v) is 7.31. The molecular formula is C17H23NO2. The summed E-state index contributed by atoms with van der Waals surface area (Å²) in [6.45, 7) is 2.67. The number of amides is 1. The molecule has 0 saturated heterocycles. The molecule has 3 heteroatoms. The molecule has 1 amide bonds. The number of benzene rings is 1. The predicted octanol–water partition coefficient (Wildman–Crippen LogP) is 3.62. The van der Waals surface area contributed by atoms with Gasteiger partial charge in [-0.3, -0.25) is 4.79 Å². The highest BCUT2D eigenvalue weighted by atomic mass is 16.5. The number of rotatable bonds is 5. The highest BCUT2D eigenvalue weighted by Gasteiger charge is 2.12. The largest absolute Gasteiger partial charge is 0.496 e. The number of methoxy groups -OCH3 is 1. The smallest absolute Gasteiger partial charge is 0.255 e. The standard InChI is InChI=1S/C17H23NO2/c1-13-8-9-16(20-2)15(12-13)17(19)18-11-10-14-6-4-3-5-7-14/h6,8-9,12H,3-5,7,10-11H2,1-2H3,(H,18,19). The van der Waals surface area contributed by atoms with Gasteiger partial charge in [0.1, 0.15) is 5.75 Å². The molecule has 0 radical (unpaired) electrons. The molecule has 0 saturated carbocycles. The fourth-order valence-corrected chi connectivity index (χ4v) is 2.56. The lowest BCUT2D eigenvalue weighted by Gasteiger charge is -2.14. The monoisotopic (exact) mass is 273 g/mol. The minimum Gasteiger partial charge on any atom is -0.496 e. The fraction of sp³-hybridized carbons (Fsp3) is 0.471. The molecule has 0 bridgehead atoms. The van der Waals surface area contributed by atoms with Crippen LogP contribution in [0.3, 0.4) is 0 Å². The zero-order valence-corrected chi connectivity index (χ0v) is 12.4. The Kier molecular flexibility index (Phi) is 5.22. The summed E-state index contributed by atoms with van der Waals surface area (Å²) in [6.07, 6.45) is 8.24. The van der Waals surface area contributed by atoms with E-state index in [1.165, 1.54) is 31.3 Å². The van der Waals surface area contributed by atoms with E-state index >= 15 is 0 Å². The van der Waals surface area contributed by atoms with Gasteiger partial charge < -0.3 is 10.1 Å². The van der Waals surface area contributed by atoms with Crippen LogP contribution in [0.4, 0.5) is 0 Å². The van der Waals surface area contributed by atoms with Crippen LogP contribution in [0.25, 0.3) is 0 Å². The topological polar surface area (TPSA) is 38.3 Å². The van der Waals surface area contributed by atoms with Crippen LogP contribution in [0.1, 0.15) is 48.0 Å². The summed E-state index contributed by atoms with van der Waals surface area (Å²) in [5.74, 6) is 0.576. The lowest BCUT2D eigenvalue weighted by Crippen LogP contribution is -2.25. The number of ether oxygens (including phenoxy) is 1. The molecule has 1 aliphatic carbocycles. The molecule has 1 aliphatic rings. The minimum absolute atomic E-state index is 0.0537. The quantitative estimate of drug-likeness (QED) is 0.832. The van der Waals surface area contributed by atoms with Gasteiger partial charge in [0, 0.05) is 6.54 Å². The summed E-state index contributed by atoms with van der Waals surface area (Å²) in [7, 11) is 1.59. The van der Waals surface area contributed by atoms with Gasteiger partial charge in [0.15, 0.2) is 0 Å². The maximum absolute atomic E-state index is 12.2. The number of aryl methyl sites for hydroxylation is 1. The molecule has 108 valence electrons. The van der Waals surface area contributed by atoms with E-state index < -0.39 is 0 Å². The van der Waals surface area contributed by atoms with Gasteiger partial charge in [-0.05, 0) is 51.2 Å². The molecule has 0 heterocycles. The Morgan fingerprint density at radius 1 is 1.35 bits per heavy atom. The molecule has 1 aromatic carbocycles. The van der Waals surface area contributed by atoms with Gasteiger partial charge in [-0.2, -0.15) is 0 Å². The van der Waals surface area contributed by atoms with Crippen LogP contribution in [0.2, 0.25) is 0 Å². The highest BCUT2D eigenvalue weighted by molar-refractivity contribution is 5.97. The van der Waals surface area contributed by atoms with Crippen molar-refractivity contribution in [1.82, 2.24) is 5.32 Å². The Balaban J connectivity index is 1.91. The normalized spacial score (nSPS) is 14.6. The van der Waals surface area contributed by atoms with Gasteiger partial charge in [0.25, 0.3) is 5.91 Å². The molecule has 1 N–H and O–H groups in total. The SMILES string of the molecule is COc1ccc(C)cc1C(=O)NCCC1=CCCCC1. The summed E-state index contributed by atoms with van der Waals surface area (Å²) in [6, 6.07) is 5.66. The van der Waals surface area contributed by atoms with Gasteiger partial charge >= 0.3 is 0 Å². The third kappa shape index (κ3) is 3.86. The summed E-state index contributed by atoms with van der Waals surface area (Å²) < 4.78 is 5.25. The van der Waals surface area contributed by atoms with E-state index in [1.54, 1.807) is 7.11 Å². The molecule has 0 aromatic heterocycles. The van der Waals surface area contributed by atoms with Crippen LogP contribution in [-0.4, -0.2) is 19.6 Å². The fourth-order valence-electron chi connectivity index (χ4n) is 2.56. The van der Waals surface area contributed by atoms with E-state index in [4.69, 9.17) is 4.74 Å². The molecule has 0 atom stereocenters. The first-order chi connectivity index (χ1) is 9.70. The molecule has 3 nitrogen and oxygen atoms in total. The average Bonchev–Trinajstić information content (AvgIpc) is 2.48. The number of carbonyl (C=O) groups is 1. The van der Waals surface area contributed by atoms with Gasteiger partial charge in [-0.25, -0.2) is 0 Å². The number of hydrogen-bond acceptors (Lipinski definition) is 2. The van der Waals surface area contributed by atoms with E-state index in [2.05, 4.69) is 11.4 Å². The second kappa shape index (κ2) is 7.13. The van der Waals surface area contributed by atoms with E-state index in [1.807, 2.05) is 25.1 Å². The van der Waals surface area contributed by atoms with Crippen molar-refractivity contribution in [3.05, 3.63) is 41.0 Å². The van der Waals surface area contributed by atoms with Crippen molar-refractivity contribution < 1.29 is 9.53 Å². The molecule has 0 spiro atoms. The van der Waals surface area contributed by atoms with Gasteiger partial charge in [0.2, 0.25) is 0 Å². The lowest BCUT2D eigenvalue weighted by molar-refractivity contribution is 0.0951. The van der Waals surface area contributed by atoms with Crippen LogP contribution >= 0.6 is 0 Å². The molecular weight excluding hydrogens is 250 g/mol. The van der Waals surface area contributed by atoms with Crippen molar-refractivity contribution in [2.45, 2.75) is 39.0 Å². The molecule has 1 aromatic rings. The lowest BCUT2D eigenvalue weighted by atomic mass is 9.97. The van der Waals surface area contributed by atoms with E-state index in [0.717, 1.165) is 12.0 Å². The van der Waals surface area contributed by atoms with Crippen molar-refractivity contribution in [3.8, 4) is 5.75 Å².